The lowest BCUT2D eigenvalue weighted by Crippen LogP contribution is -2.39. The maximum atomic E-state index is 12.3. The summed E-state index contributed by atoms with van der Waals surface area (Å²) in [4.78, 5) is 12.3. The van der Waals surface area contributed by atoms with E-state index in [0.717, 1.165) is 27.4 Å². The molecule has 168 valence electrons. The number of sulfonamides is 1. The number of carbonyl (C=O) groups is 1. The van der Waals surface area contributed by atoms with Gasteiger partial charge in [-0.05, 0) is 59.4 Å². The van der Waals surface area contributed by atoms with Gasteiger partial charge in [0.2, 0.25) is 10.0 Å². The number of hydrogen-bond donors (Lipinski definition) is 1. The van der Waals surface area contributed by atoms with Crippen molar-refractivity contribution in [2.75, 3.05) is 23.7 Å². The quantitative estimate of drug-likeness (QED) is 0.445. The largest absolute Gasteiger partial charge is 0.493 e. The Morgan fingerprint density at radius 2 is 1.68 bits per heavy atom. The van der Waals surface area contributed by atoms with Crippen LogP contribution in [0.25, 0.3) is 0 Å². The van der Waals surface area contributed by atoms with Crippen molar-refractivity contribution < 1.29 is 17.9 Å². The van der Waals surface area contributed by atoms with Gasteiger partial charge >= 0.3 is 0 Å². The maximum Gasteiger partial charge on any atom is 0.260 e. The zero-order valence-corrected chi connectivity index (χ0v) is 19.5. The lowest BCUT2D eigenvalue weighted by atomic mass is 10.0. The summed E-state index contributed by atoms with van der Waals surface area (Å²) in [6.45, 7) is 8.55. The summed E-state index contributed by atoms with van der Waals surface area (Å²) in [6, 6.07) is 14.4. The molecule has 0 atom stereocenters. The van der Waals surface area contributed by atoms with Crippen molar-refractivity contribution in [3.8, 4) is 5.75 Å². The topological polar surface area (TPSA) is 88.1 Å². The minimum Gasteiger partial charge on any atom is -0.493 e. The fourth-order valence-electron chi connectivity index (χ4n) is 2.68. The molecule has 0 aromatic heterocycles. The van der Waals surface area contributed by atoms with Crippen molar-refractivity contribution in [3.63, 3.8) is 0 Å². The first-order valence-electron chi connectivity index (χ1n) is 10.2. The molecule has 0 unspecified atom stereocenters. The van der Waals surface area contributed by atoms with Gasteiger partial charge < -0.3 is 4.74 Å². The van der Waals surface area contributed by atoms with E-state index < -0.39 is 15.9 Å². The van der Waals surface area contributed by atoms with E-state index in [4.69, 9.17) is 4.74 Å². The predicted octanol–water partition coefficient (Wildman–Crippen LogP) is 3.76. The van der Waals surface area contributed by atoms with Crippen LogP contribution < -0.4 is 14.5 Å². The number of amides is 1. The summed E-state index contributed by atoms with van der Waals surface area (Å²) in [5.74, 6) is 0.999. The molecule has 2 rings (SSSR count). The van der Waals surface area contributed by atoms with Crippen LogP contribution in [0, 0.1) is 5.92 Å². The number of nitrogens with one attached hydrogen (secondary N) is 1. The fraction of sp³-hybridized carbons (Fsp3) is 0.391. The van der Waals surface area contributed by atoms with E-state index in [9.17, 15) is 13.2 Å². The van der Waals surface area contributed by atoms with Gasteiger partial charge in [0.15, 0.2) is 0 Å². The van der Waals surface area contributed by atoms with Crippen LogP contribution in [0.3, 0.4) is 0 Å². The van der Waals surface area contributed by atoms with Crippen molar-refractivity contribution in [3.05, 3.63) is 59.7 Å². The zero-order valence-electron chi connectivity index (χ0n) is 18.7. The average molecular weight is 446 g/mol. The summed E-state index contributed by atoms with van der Waals surface area (Å²) in [5, 5.41) is 3.92. The van der Waals surface area contributed by atoms with Crippen molar-refractivity contribution in [1.82, 2.24) is 5.43 Å². The second kappa shape index (κ2) is 10.9. The van der Waals surface area contributed by atoms with Crippen LogP contribution in [0.5, 0.6) is 5.75 Å². The van der Waals surface area contributed by atoms with Gasteiger partial charge in [0.25, 0.3) is 5.91 Å². The highest BCUT2D eigenvalue weighted by Crippen LogP contribution is 2.21. The van der Waals surface area contributed by atoms with E-state index in [-0.39, 0.29) is 6.54 Å². The normalized spacial score (nSPS) is 11.8. The highest BCUT2D eigenvalue weighted by atomic mass is 32.2. The van der Waals surface area contributed by atoms with Crippen LogP contribution in [-0.4, -0.2) is 39.9 Å². The first-order valence-corrected chi connectivity index (χ1v) is 12.0. The molecule has 0 bridgehead atoms. The van der Waals surface area contributed by atoms with Gasteiger partial charge in [-0.3, -0.25) is 9.10 Å². The van der Waals surface area contributed by atoms with Gasteiger partial charge in [0.05, 0.1) is 24.8 Å². The summed E-state index contributed by atoms with van der Waals surface area (Å²) >= 11 is 0. The summed E-state index contributed by atoms with van der Waals surface area (Å²) < 4.78 is 31.1. The van der Waals surface area contributed by atoms with Crippen molar-refractivity contribution >= 4 is 27.8 Å². The molecule has 0 aliphatic rings. The molecule has 0 spiro atoms. The molecule has 7 nitrogen and oxygen atoms in total. The monoisotopic (exact) mass is 445 g/mol. The molecule has 0 heterocycles. The van der Waals surface area contributed by atoms with E-state index in [1.165, 1.54) is 6.21 Å². The second-order valence-corrected chi connectivity index (χ2v) is 9.99. The number of carbonyl (C=O) groups excluding carboxylic acids is 1. The Labute approximate surface area is 185 Å². The fourth-order valence-corrected chi connectivity index (χ4v) is 3.54. The zero-order chi connectivity index (χ0) is 23.0. The minimum atomic E-state index is -3.63. The van der Waals surface area contributed by atoms with Gasteiger partial charge in [-0.2, -0.15) is 5.10 Å². The number of nitrogens with zero attached hydrogens (tertiary/aromatic N) is 2. The van der Waals surface area contributed by atoms with Gasteiger partial charge in [-0.1, -0.05) is 39.8 Å². The molecule has 0 aliphatic heterocycles. The molecule has 2 aromatic rings. The van der Waals surface area contributed by atoms with Crippen molar-refractivity contribution in [2.24, 2.45) is 11.0 Å². The van der Waals surface area contributed by atoms with Gasteiger partial charge in [0, 0.05) is 0 Å². The predicted molar refractivity (Wildman–Crippen MR) is 125 cm³/mol. The molecule has 8 heteroatoms. The number of rotatable bonds is 10. The molecule has 0 saturated carbocycles. The second-order valence-electron chi connectivity index (χ2n) is 8.08. The van der Waals surface area contributed by atoms with E-state index >= 15 is 0 Å². The minimum absolute atomic E-state index is 0.328. The lowest BCUT2D eigenvalue weighted by Gasteiger charge is -2.21. The van der Waals surface area contributed by atoms with Crippen molar-refractivity contribution in [1.29, 1.82) is 0 Å². The Balaban J connectivity index is 1.98. The summed E-state index contributed by atoms with van der Waals surface area (Å²) in [5.41, 5.74) is 4.68. The Morgan fingerprint density at radius 1 is 1.06 bits per heavy atom. The smallest absolute Gasteiger partial charge is 0.260 e. The van der Waals surface area contributed by atoms with Gasteiger partial charge in [0.1, 0.15) is 12.3 Å². The molecule has 0 aliphatic carbocycles. The van der Waals surface area contributed by atoms with Crippen LogP contribution >= 0.6 is 0 Å². The van der Waals surface area contributed by atoms with Crippen LogP contribution in [0.1, 0.15) is 44.7 Å². The molecule has 1 amide bonds. The number of ether oxygens (including phenoxy) is 1. The lowest BCUT2D eigenvalue weighted by molar-refractivity contribution is -0.119. The number of anilines is 1. The average Bonchev–Trinajstić information content (AvgIpc) is 2.70. The Hall–Kier alpha value is -2.87. The molecule has 2 aromatic carbocycles. The van der Waals surface area contributed by atoms with E-state index in [0.29, 0.717) is 24.1 Å². The standard InChI is InChI=1S/C23H31N3O4S/c1-17(2)16-30-22-12-6-19(7-13-22)14-24-25-23(27)15-26(31(5,28)29)21-10-8-20(9-11-21)18(3)4/h6-14,17-18H,15-16H2,1-5H3,(H,25,27)/b24-14-. The number of hydrazone groups is 1. The van der Waals surface area contributed by atoms with Crippen molar-refractivity contribution in [2.45, 2.75) is 33.6 Å². The van der Waals surface area contributed by atoms with Gasteiger partial charge in [-0.25, -0.2) is 13.8 Å². The van der Waals surface area contributed by atoms with Crippen LogP contribution in [0.15, 0.2) is 53.6 Å². The SMILES string of the molecule is CC(C)COc1ccc(/C=N\NC(=O)CN(c2ccc(C(C)C)cc2)S(C)(=O)=O)cc1. The summed E-state index contributed by atoms with van der Waals surface area (Å²) in [7, 11) is -3.63. The molecule has 1 N–H and O–H groups in total. The number of benzene rings is 2. The first kappa shape index (κ1) is 24.4. The van der Waals surface area contributed by atoms with Crippen LogP contribution in [-0.2, 0) is 14.8 Å². The Morgan fingerprint density at radius 3 is 2.19 bits per heavy atom. The molecule has 0 saturated heterocycles. The van der Waals surface area contributed by atoms with Crippen LogP contribution in [0.2, 0.25) is 0 Å². The highest BCUT2D eigenvalue weighted by molar-refractivity contribution is 7.92. The van der Waals surface area contributed by atoms with E-state index in [1.54, 1.807) is 12.1 Å². The molecular weight excluding hydrogens is 414 g/mol. The molecule has 0 fully saturated rings. The van der Waals surface area contributed by atoms with Crippen LogP contribution in [0.4, 0.5) is 5.69 Å². The third-order valence-electron chi connectivity index (χ3n) is 4.40. The molecular formula is C23H31N3O4S. The maximum absolute atomic E-state index is 12.3. The Kier molecular flexibility index (Phi) is 8.62. The first-order chi connectivity index (χ1) is 14.6. The third kappa shape index (κ3) is 8.05. The van der Waals surface area contributed by atoms with E-state index in [1.807, 2.05) is 36.4 Å². The molecule has 31 heavy (non-hydrogen) atoms. The highest BCUT2D eigenvalue weighted by Gasteiger charge is 2.20. The Bertz CT molecular complexity index is 982. The summed E-state index contributed by atoms with van der Waals surface area (Å²) in [6.07, 6.45) is 2.56. The molecule has 0 radical (unpaired) electrons. The van der Waals surface area contributed by atoms with E-state index in [2.05, 4.69) is 38.2 Å². The van der Waals surface area contributed by atoms with Gasteiger partial charge in [-0.15, -0.1) is 0 Å². The third-order valence-corrected chi connectivity index (χ3v) is 5.54. The number of hydrogen-bond acceptors (Lipinski definition) is 5.